The topological polar surface area (TPSA) is 80.8 Å². The minimum atomic E-state index is -3.10. The summed E-state index contributed by atoms with van der Waals surface area (Å²) in [5.41, 5.74) is 2.32. The van der Waals surface area contributed by atoms with Crippen LogP contribution < -0.4 is 0 Å². The van der Waals surface area contributed by atoms with Crippen LogP contribution in [0, 0.1) is 36.0 Å². The number of hydrogen-bond donors (Lipinski definition) is 0. The second kappa shape index (κ2) is 8.91. The number of nitrogens with zero attached hydrogens (tertiary/aromatic N) is 4. The van der Waals surface area contributed by atoms with Crippen molar-refractivity contribution in [3.63, 3.8) is 0 Å². The van der Waals surface area contributed by atoms with Gasteiger partial charge in [0.2, 0.25) is 0 Å². The minimum Gasteiger partial charge on any atom is -0.462 e. The Morgan fingerprint density at radius 2 is 1.97 bits per heavy atom. The number of nitriles is 1. The molecule has 1 saturated heterocycles. The van der Waals surface area contributed by atoms with E-state index in [1.807, 2.05) is 25.1 Å². The van der Waals surface area contributed by atoms with Gasteiger partial charge in [-0.25, -0.2) is 8.78 Å². The predicted molar refractivity (Wildman–Crippen MR) is 134 cm³/mol. The maximum absolute atomic E-state index is 15.5. The molecule has 0 spiro atoms. The fourth-order valence-corrected chi connectivity index (χ4v) is 5.98. The highest BCUT2D eigenvalue weighted by atomic mass is 19.3. The molecule has 8 heteroatoms. The molecule has 5 atom stereocenters. The molecule has 0 unspecified atom stereocenters. The van der Waals surface area contributed by atoms with Gasteiger partial charge in [0, 0.05) is 48.3 Å². The largest absolute Gasteiger partial charge is 0.462 e. The number of fused-ring (bicyclic) bond motifs is 1. The first-order valence-electron chi connectivity index (χ1n) is 12.3. The number of benzene rings is 1. The molecule has 3 aromatic rings. The number of aromatic nitrogens is 3. The summed E-state index contributed by atoms with van der Waals surface area (Å²) in [4.78, 5) is 17.7. The number of cyclic esters (lactones) is 1. The summed E-state index contributed by atoms with van der Waals surface area (Å²) in [6, 6.07) is 14.8. The zero-order valence-corrected chi connectivity index (χ0v) is 21.2. The van der Waals surface area contributed by atoms with Crippen LogP contribution in [0.4, 0.5) is 8.78 Å². The number of pyridine rings is 1. The third-order valence-electron chi connectivity index (χ3n) is 8.11. The molecular weight excluding hydrogens is 474 g/mol. The standard InChI is InChI=1S/C29H28F2N4O2/c1-17-13-25(34-35(17)4)28-16-29(30,31)18(2)23(26(28)19(3)37-27(28)36)12-11-22-10-9-21(15-33-22)24-8-6-5-7-20(24)14-32/h5-13,15,18-19,23,26H,16H2,1-4H3/t18-,19+,23-,26-,28-/m0/s1. The number of alkyl halides is 2. The molecule has 0 amide bonds. The van der Waals surface area contributed by atoms with E-state index in [1.54, 1.807) is 61.3 Å². The summed E-state index contributed by atoms with van der Waals surface area (Å²) in [5, 5.41) is 13.9. The molecule has 0 radical (unpaired) electrons. The van der Waals surface area contributed by atoms with Crippen LogP contribution in [0.1, 0.15) is 42.9 Å². The van der Waals surface area contributed by atoms with Crippen LogP contribution in [-0.4, -0.2) is 32.8 Å². The zero-order valence-electron chi connectivity index (χ0n) is 21.2. The number of ether oxygens (including phenoxy) is 1. The number of halogens is 2. The molecule has 1 saturated carbocycles. The zero-order chi connectivity index (χ0) is 26.5. The Morgan fingerprint density at radius 1 is 1.22 bits per heavy atom. The lowest BCUT2D eigenvalue weighted by atomic mass is 9.55. The average molecular weight is 503 g/mol. The normalized spacial score (nSPS) is 28.6. The van der Waals surface area contributed by atoms with Crippen LogP contribution in [0.5, 0.6) is 0 Å². The quantitative estimate of drug-likeness (QED) is 0.442. The Balaban J connectivity index is 1.52. The van der Waals surface area contributed by atoms with Crippen LogP contribution in [0.25, 0.3) is 17.2 Å². The van der Waals surface area contributed by atoms with Crippen molar-refractivity contribution in [3.05, 3.63) is 77.4 Å². The molecule has 3 heterocycles. The second-order valence-electron chi connectivity index (χ2n) is 10.2. The van der Waals surface area contributed by atoms with Crippen LogP contribution in [0.15, 0.2) is 54.7 Å². The Labute approximate surface area is 214 Å². The summed E-state index contributed by atoms with van der Waals surface area (Å²) < 4.78 is 38.3. The Hall–Kier alpha value is -3.86. The van der Waals surface area contributed by atoms with Crippen molar-refractivity contribution < 1.29 is 18.3 Å². The van der Waals surface area contributed by atoms with Gasteiger partial charge in [0.05, 0.1) is 23.0 Å². The summed E-state index contributed by atoms with van der Waals surface area (Å²) in [5.74, 6) is -5.88. The highest BCUT2D eigenvalue weighted by molar-refractivity contribution is 5.86. The smallest absolute Gasteiger partial charge is 0.319 e. The van der Waals surface area contributed by atoms with Crippen molar-refractivity contribution in [2.45, 2.75) is 44.6 Å². The van der Waals surface area contributed by atoms with Crippen LogP contribution in [-0.2, 0) is 22.0 Å². The molecule has 37 heavy (non-hydrogen) atoms. The van der Waals surface area contributed by atoms with E-state index in [9.17, 15) is 10.1 Å². The summed E-state index contributed by atoms with van der Waals surface area (Å²) in [7, 11) is 1.74. The molecular formula is C29H28F2N4O2. The third-order valence-corrected chi connectivity index (χ3v) is 8.11. The van der Waals surface area contributed by atoms with Crippen LogP contribution >= 0.6 is 0 Å². The lowest BCUT2D eigenvalue weighted by molar-refractivity contribution is -0.157. The first-order chi connectivity index (χ1) is 17.6. The number of carbonyl (C=O) groups excluding carboxylic acids is 1. The number of rotatable bonds is 4. The Morgan fingerprint density at radius 3 is 2.62 bits per heavy atom. The lowest BCUT2D eigenvalue weighted by Crippen LogP contribution is -2.56. The van der Waals surface area contributed by atoms with Gasteiger partial charge in [-0.05, 0) is 44.0 Å². The van der Waals surface area contributed by atoms with Crippen molar-refractivity contribution in [2.75, 3.05) is 0 Å². The third kappa shape index (κ3) is 3.93. The van der Waals surface area contributed by atoms with E-state index in [0.29, 0.717) is 17.0 Å². The molecule has 2 aromatic heterocycles. The molecule has 2 fully saturated rings. The monoisotopic (exact) mass is 502 g/mol. The van der Waals surface area contributed by atoms with Gasteiger partial charge in [-0.2, -0.15) is 10.4 Å². The molecule has 190 valence electrons. The molecule has 5 rings (SSSR count). The van der Waals surface area contributed by atoms with Crippen molar-refractivity contribution in [3.8, 4) is 17.2 Å². The first kappa shape index (κ1) is 24.8. The van der Waals surface area contributed by atoms with E-state index < -0.39 is 47.6 Å². The summed E-state index contributed by atoms with van der Waals surface area (Å²) in [6.07, 6.45) is 3.98. The first-order valence-corrected chi connectivity index (χ1v) is 12.3. The molecule has 0 bridgehead atoms. The van der Waals surface area contributed by atoms with Crippen LogP contribution in [0.3, 0.4) is 0 Å². The van der Waals surface area contributed by atoms with Gasteiger partial charge in [0.25, 0.3) is 5.92 Å². The number of hydrogen-bond acceptors (Lipinski definition) is 5. The van der Waals surface area contributed by atoms with E-state index in [-0.39, 0.29) is 0 Å². The molecule has 6 nitrogen and oxygen atoms in total. The van der Waals surface area contributed by atoms with E-state index >= 15 is 8.78 Å². The molecule has 0 N–H and O–H groups in total. The average Bonchev–Trinajstić information content (AvgIpc) is 3.34. The fourth-order valence-electron chi connectivity index (χ4n) is 5.98. The number of esters is 1. The van der Waals surface area contributed by atoms with Crippen molar-refractivity contribution in [1.82, 2.24) is 14.8 Å². The summed E-state index contributed by atoms with van der Waals surface area (Å²) >= 11 is 0. The Kier molecular flexibility index (Phi) is 5.98. The van der Waals surface area contributed by atoms with Gasteiger partial charge in [0.1, 0.15) is 11.5 Å². The second-order valence-corrected chi connectivity index (χ2v) is 10.2. The molecule has 1 aromatic carbocycles. The van der Waals surface area contributed by atoms with Crippen molar-refractivity contribution in [1.29, 1.82) is 5.26 Å². The van der Waals surface area contributed by atoms with E-state index in [4.69, 9.17) is 4.74 Å². The molecule has 2 aliphatic rings. The van der Waals surface area contributed by atoms with E-state index in [1.165, 1.54) is 6.92 Å². The maximum atomic E-state index is 15.5. The fraction of sp³-hybridized carbons (Fsp3) is 0.379. The van der Waals surface area contributed by atoms with E-state index in [0.717, 1.165) is 16.8 Å². The Bertz CT molecular complexity index is 1400. The van der Waals surface area contributed by atoms with Crippen LogP contribution in [0.2, 0.25) is 0 Å². The highest BCUT2D eigenvalue weighted by Crippen LogP contribution is 2.60. The molecule has 1 aliphatic carbocycles. The van der Waals surface area contributed by atoms with Crippen molar-refractivity contribution >= 4 is 12.0 Å². The number of aryl methyl sites for hydroxylation is 2. The van der Waals surface area contributed by atoms with Gasteiger partial charge in [0.15, 0.2) is 0 Å². The molecule has 1 aliphatic heterocycles. The van der Waals surface area contributed by atoms with Gasteiger partial charge >= 0.3 is 5.97 Å². The lowest BCUT2D eigenvalue weighted by Gasteiger charge is -2.47. The number of allylic oxidation sites excluding steroid dienone is 1. The van der Waals surface area contributed by atoms with Crippen molar-refractivity contribution in [2.24, 2.45) is 24.8 Å². The van der Waals surface area contributed by atoms with Gasteiger partial charge in [-0.3, -0.25) is 14.5 Å². The minimum absolute atomic E-state index is 0.343. The SMILES string of the molecule is Cc1cc([C@@]23CC(F)(F)[C@@H](C)[C@H](C=Cc4ccc(-c5ccccc5C#N)cn4)[C@@H]2[C@@H](C)OC3=O)nn1C. The number of carbonyl (C=O) groups is 1. The predicted octanol–water partition coefficient (Wildman–Crippen LogP) is 5.47. The van der Waals surface area contributed by atoms with Gasteiger partial charge in [-0.15, -0.1) is 0 Å². The van der Waals surface area contributed by atoms with Gasteiger partial charge in [-0.1, -0.05) is 37.3 Å². The van der Waals surface area contributed by atoms with Gasteiger partial charge < -0.3 is 4.74 Å². The highest BCUT2D eigenvalue weighted by Gasteiger charge is 2.69. The maximum Gasteiger partial charge on any atom is 0.319 e. The van der Waals surface area contributed by atoms with E-state index in [2.05, 4.69) is 16.2 Å². The summed E-state index contributed by atoms with van der Waals surface area (Å²) in [6.45, 7) is 5.14.